The highest BCUT2D eigenvalue weighted by Gasteiger charge is 2.07. The second-order valence-electron chi connectivity index (χ2n) is 3.22. The zero-order valence-corrected chi connectivity index (χ0v) is 10.3. The second-order valence-corrected chi connectivity index (χ2v) is 4.47. The number of pyridine rings is 1. The van der Waals surface area contributed by atoms with Crippen LogP contribution in [0.3, 0.4) is 0 Å². The van der Waals surface area contributed by atoms with Crippen LogP contribution in [-0.2, 0) is 0 Å². The van der Waals surface area contributed by atoms with Crippen molar-refractivity contribution in [1.29, 1.82) is 0 Å². The van der Waals surface area contributed by atoms with Gasteiger partial charge in [0, 0.05) is 27.4 Å². The molecule has 0 spiro atoms. The van der Waals surface area contributed by atoms with Gasteiger partial charge in [0.15, 0.2) is 0 Å². The molecule has 0 bridgehead atoms. The van der Waals surface area contributed by atoms with Gasteiger partial charge in [-0.25, -0.2) is 4.98 Å². The van der Waals surface area contributed by atoms with Crippen LogP contribution in [0.15, 0.2) is 30.5 Å². The molecule has 2 aromatic rings. The van der Waals surface area contributed by atoms with Crippen LogP contribution in [0.1, 0.15) is 0 Å². The minimum absolute atomic E-state index is 0.295. The first kappa shape index (κ1) is 11.5. The molecule has 0 aliphatic rings. The van der Waals surface area contributed by atoms with Gasteiger partial charge in [-0.3, -0.25) is 0 Å². The van der Waals surface area contributed by atoms with Gasteiger partial charge in [-0.15, -0.1) is 0 Å². The van der Waals surface area contributed by atoms with Crippen molar-refractivity contribution < 1.29 is 0 Å². The van der Waals surface area contributed by atoms with E-state index in [2.05, 4.69) is 4.98 Å². The standard InChI is InChI=1S/C11H7Cl3N2/c12-7-1-2-9(13)8(4-7)6-3-10(14)11(15)16-5-6/h1-5H,(H2,15,16). The molecule has 82 valence electrons. The second kappa shape index (κ2) is 4.50. The van der Waals surface area contributed by atoms with E-state index in [4.69, 9.17) is 40.5 Å². The third-order valence-electron chi connectivity index (χ3n) is 2.11. The van der Waals surface area contributed by atoms with Crippen LogP contribution >= 0.6 is 34.8 Å². The van der Waals surface area contributed by atoms with Crippen LogP contribution in [0.5, 0.6) is 0 Å². The lowest BCUT2D eigenvalue weighted by Gasteiger charge is -2.06. The first-order valence-electron chi connectivity index (χ1n) is 4.44. The average molecular weight is 274 g/mol. The minimum atomic E-state index is 0.295. The molecule has 0 atom stereocenters. The van der Waals surface area contributed by atoms with Crippen molar-refractivity contribution in [3.05, 3.63) is 45.5 Å². The summed E-state index contributed by atoms with van der Waals surface area (Å²) in [6.07, 6.45) is 1.61. The summed E-state index contributed by atoms with van der Waals surface area (Å²) in [6, 6.07) is 6.91. The van der Waals surface area contributed by atoms with E-state index in [0.29, 0.717) is 20.9 Å². The Hall–Kier alpha value is -0.960. The maximum absolute atomic E-state index is 6.06. The fraction of sp³-hybridized carbons (Fsp3) is 0. The van der Waals surface area contributed by atoms with E-state index >= 15 is 0 Å². The molecule has 0 aliphatic heterocycles. The van der Waals surface area contributed by atoms with Gasteiger partial charge in [-0.05, 0) is 24.3 Å². The molecule has 0 aliphatic carbocycles. The Morgan fingerprint density at radius 2 is 1.75 bits per heavy atom. The van der Waals surface area contributed by atoms with Gasteiger partial charge in [0.25, 0.3) is 0 Å². The highest BCUT2D eigenvalue weighted by Crippen LogP contribution is 2.32. The van der Waals surface area contributed by atoms with Crippen LogP contribution in [0, 0.1) is 0 Å². The van der Waals surface area contributed by atoms with Gasteiger partial charge in [0.05, 0.1) is 5.02 Å². The van der Waals surface area contributed by atoms with Crippen molar-refractivity contribution in [2.75, 3.05) is 5.73 Å². The summed E-state index contributed by atoms with van der Waals surface area (Å²) in [5, 5.41) is 1.59. The summed E-state index contributed by atoms with van der Waals surface area (Å²) >= 11 is 17.9. The first-order valence-corrected chi connectivity index (χ1v) is 5.58. The predicted molar refractivity (Wildman–Crippen MR) is 69.1 cm³/mol. The Kier molecular flexibility index (Phi) is 3.24. The molecule has 2 rings (SSSR count). The molecule has 16 heavy (non-hydrogen) atoms. The molecule has 0 radical (unpaired) electrons. The first-order chi connectivity index (χ1) is 7.58. The van der Waals surface area contributed by atoms with Crippen molar-refractivity contribution >= 4 is 40.6 Å². The molecule has 0 amide bonds. The highest BCUT2D eigenvalue weighted by molar-refractivity contribution is 6.36. The normalized spacial score (nSPS) is 10.4. The monoisotopic (exact) mass is 272 g/mol. The molecule has 0 unspecified atom stereocenters. The summed E-state index contributed by atoms with van der Waals surface area (Å²) in [5.41, 5.74) is 7.10. The Balaban J connectivity index is 2.58. The van der Waals surface area contributed by atoms with E-state index in [0.717, 1.165) is 11.1 Å². The molecule has 1 aromatic carbocycles. The number of nitrogens with zero attached hydrogens (tertiary/aromatic N) is 1. The van der Waals surface area contributed by atoms with E-state index in [9.17, 15) is 0 Å². The lowest BCUT2D eigenvalue weighted by atomic mass is 10.1. The quantitative estimate of drug-likeness (QED) is 0.842. The van der Waals surface area contributed by atoms with Crippen molar-refractivity contribution in [1.82, 2.24) is 4.98 Å². The maximum Gasteiger partial charge on any atom is 0.142 e. The van der Waals surface area contributed by atoms with Gasteiger partial charge in [-0.2, -0.15) is 0 Å². The van der Waals surface area contributed by atoms with E-state index < -0.39 is 0 Å². The molecular weight excluding hydrogens is 266 g/mol. The van der Waals surface area contributed by atoms with E-state index in [1.165, 1.54) is 0 Å². The van der Waals surface area contributed by atoms with E-state index in [1.54, 1.807) is 30.5 Å². The molecule has 1 aromatic heterocycles. The molecular formula is C11H7Cl3N2. The molecule has 0 fully saturated rings. The number of nitrogens with two attached hydrogens (primary N) is 1. The van der Waals surface area contributed by atoms with Gasteiger partial charge >= 0.3 is 0 Å². The minimum Gasteiger partial charge on any atom is -0.382 e. The zero-order chi connectivity index (χ0) is 11.7. The number of aromatic nitrogens is 1. The predicted octanol–water partition coefficient (Wildman–Crippen LogP) is 4.29. The highest BCUT2D eigenvalue weighted by atomic mass is 35.5. The number of hydrogen-bond acceptors (Lipinski definition) is 2. The molecule has 5 heteroatoms. The van der Waals surface area contributed by atoms with Gasteiger partial charge in [0.1, 0.15) is 5.82 Å². The Labute approximate surface area is 108 Å². The fourth-order valence-corrected chi connectivity index (χ4v) is 1.88. The molecule has 2 N–H and O–H groups in total. The molecule has 0 saturated heterocycles. The van der Waals surface area contributed by atoms with Crippen molar-refractivity contribution in [2.45, 2.75) is 0 Å². The van der Waals surface area contributed by atoms with Crippen LogP contribution in [0.2, 0.25) is 15.1 Å². The summed E-state index contributed by atoms with van der Waals surface area (Å²) in [7, 11) is 0. The van der Waals surface area contributed by atoms with Crippen LogP contribution in [0.4, 0.5) is 5.82 Å². The fourth-order valence-electron chi connectivity index (χ4n) is 1.31. The third kappa shape index (κ3) is 2.24. The van der Waals surface area contributed by atoms with Gasteiger partial charge in [-0.1, -0.05) is 34.8 Å². The van der Waals surface area contributed by atoms with E-state index in [1.807, 2.05) is 0 Å². The number of anilines is 1. The van der Waals surface area contributed by atoms with Gasteiger partial charge in [0.2, 0.25) is 0 Å². The van der Waals surface area contributed by atoms with Crippen LogP contribution < -0.4 is 5.73 Å². The van der Waals surface area contributed by atoms with Crippen molar-refractivity contribution in [2.24, 2.45) is 0 Å². The van der Waals surface area contributed by atoms with Crippen molar-refractivity contribution in [3.63, 3.8) is 0 Å². The van der Waals surface area contributed by atoms with Gasteiger partial charge < -0.3 is 5.73 Å². The summed E-state index contributed by atoms with van der Waals surface area (Å²) < 4.78 is 0. The number of benzene rings is 1. The zero-order valence-electron chi connectivity index (χ0n) is 8.05. The Morgan fingerprint density at radius 3 is 2.44 bits per heavy atom. The number of hydrogen-bond donors (Lipinski definition) is 1. The maximum atomic E-state index is 6.06. The van der Waals surface area contributed by atoms with Crippen molar-refractivity contribution in [3.8, 4) is 11.1 Å². The summed E-state index contributed by atoms with van der Waals surface area (Å²) in [6.45, 7) is 0. The number of nitrogen functional groups attached to an aromatic ring is 1. The summed E-state index contributed by atoms with van der Waals surface area (Å²) in [5.74, 6) is 0.295. The lowest BCUT2D eigenvalue weighted by Crippen LogP contribution is -1.91. The van der Waals surface area contributed by atoms with Crippen LogP contribution in [0.25, 0.3) is 11.1 Å². The molecule has 1 heterocycles. The average Bonchev–Trinajstić information content (AvgIpc) is 2.26. The molecule has 2 nitrogen and oxygen atoms in total. The topological polar surface area (TPSA) is 38.9 Å². The Morgan fingerprint density at radius 1 is 1.00 bits per heavy atom. The third-order valence-corrected chi connectivity index (χ3v) is 2.98. The summed E-state index contributed by atoms with van der Waals surface area (Å²) in [4.78, 5) is 3.97. The smallest absolute Gasteiger partial charge is 0.142 e. The Bertz CT molecular complexity index is 541. The molecule has 0 saturated carbocycles. The van der Waals surface area contributed by atoms with Crippen LogP contribution in [-0.4, -0.2) is 4.98 Å². The number of halogens is 3. The number of rotatable bonds is 1. The van der Waals surface area contributed by atoms with E-state index in [-0.39, 0.29) is 0 Å². The SMILES string of the molecule is Nc1ncc(-c2cc(Cl)ccc2Cl)cc1Cl. The lowest BCUT2D eigenvalue weighted by molar-refractivity contribution is 1.34. The largest absolute Gasteiger partial charge is 0.382 e.